The van der Waals surface area contributed by atoms with E-state index in [1.165, 1.54) is 16.7 Å². The van der Waals surface area contributed by atoms with Crippen molar-refractivity contribution in [2.75, 3.05) is 42.4 Å². The summed E-state index contributed by atoms with van der Waals surface area (Å²) in [6, 6.07) is 18.2. The van der Waals surface area contributed by atoms with E-state index in [-0.39, 0.29) is 18.4 Å². The van der Waals surface area contributed by atoms with Crippen molar-refractivity contribution in [3.63, 3.8) is 0 Å². The molecule has 1 N–H and O–H groups in total. The largest absolute Gasteiger partial charge is 0.490 e. The molecule has 0 spiro atoms. The quantitative estimate of drug-likeness (QED) is 0.227. The number of hydrogen-bond acceptors (Lipinski definition) is 7. The van der Waals surface area contributed by atoms with Crippen LogP contribution in [0.3, 0.4) is 0 Å². The van der Waals surface area contributed by atoms with Crippen molar-refractivity contribution in [1.29, 1.82) is 0 Å². The lowest BCUT2D eigenvalue weighted by atomic mass is 10.1. The Labute approximate surface area is 242 Å². The summed E-state index contributed by atoms with van der Waals surface area (Å²) in [6.45, 7) is 3.94. The van der Waals surface area contributed by atoms with Crippen LogP contribution in [0.2, 0.25) is 5.02 Å². The van der Waals surface area contributed by atoms with E-state index in [1.807, 2.05) is 63.2 Å². The zero-order valence-electron chi connectivity index (χ0n) is 22.0. The molecule has 1 heterocycles. The molecular weight excluding hydrogens is 554 g/mol. The lowest BCUT2D eigenvalue weighted by Crippen LogP contribution is -2.27. The number of carbonyl (C=O) groups is 2. The Hall–Kier alpha value is -3.53. The van der Waals surface area contributed by atoms with Gasteiger partial charge < -0.3 is 19.7 Å². The molecule has 0 unspecified atom stereocenters. The van der Waals surface area contributed by atoms with Crippen molar-refractivity contribution in [2.24, 2.45) is 0 Å². The number of aryl methyl sites for hydroxylation is 1. The minimum atomic E-state index is -0.330. The summed E-state index contributed by atoms with van der Waals surface area (Å²) in [4.78, 5) is 29.7. The van der Waals surface area contributed by atoms with E-state index in [0.29, 0.717) is 38.0 Å². The van der Waals surface area contributed by atoms with Crippen molar-refractivity contribution in [3.05, 3.63) is 81.7 Å². The second kappa shape index (κ2) is 12.5. The van der Waals surface area contributed by atoms with E-state index in [4.69, 9.17) is 33.3 Å². The number of anilines is 3. The summed E-state index contributed by atoms with van der Waals surface area (Å²) in [7, 11) is 3.92. The number of rotatable bonds is 9. The summed E-state index contributed by atoms with van der Waals surface area (Å²) < 4.78 is 12.0. The van der Waals surface area contributed by atoms with Crippen molar-refractivity contribution in [1.82, 2.24) is 0 Å². The van der Waals surface area contributed by atoms with Crippen LogP contribution in [0.1, 0.15) is 18.1 Å². The van der Waals surface area contributed by atoms with Crippen LogP contribution in [-0.2, 0) is 9.59 Å². The number of benzene rings is 3. The van der Waals surface area contributed by atoms with Gasteiger partial charge in [-0.1, -0.05) is 47.7 Å². The van der Waals surface area contributed by atoms with Crippen molar-refractivity contribution >= 4 is 74.9 Å². The molecule has 3 aromatic rings. The number of amides is 2. The lowest BCUT2D eigenvalue weighted by molar-refractivity contribution is -0.118. The van der Waals surface area contributed by atoms with Crippen LogP contribution in [0.5, 0.6) is 11.5 Å². The highest BCUT2D eigenvalue weighted by molar-refractivity contribution is 8.27. The fourth-order valence-corrected chi connectivity index (χ4v) is 5.23. The predicted octanol–water partition coefficient (Wildman–Crippen LogP) is 6.54. The second-order valence-corrected chi connectivity index (χ2v) is 11.0. The summed E-state index contributed by atoms with van der Waals surface area (Å²) in [5, 5.41) is 3.34. The molecule has 10 heteroatoms. The van der Waals surface area contributed by atoms with Crippen LogP contribution in [-0.4, -0.2) is 43.4 Å². The average Bonchev–Trinajstić information content (AvgIpc) is 3.18. The fraction of sp³-hybridized carbons (Fsp3) is 0.207. The van der Waals surface area contributed by atoms with Crippen LogP contribution in [0.25, 0.3) is 6.08 Å². The summed E-state index contributed by atoms with van der Waals surface area (Å²) >= 11 is 12.9. The van der Waals surface area contributed by atoms with E-state index in [0.717, 1.165) is 22.5 Å². The Kier molecular flexibility index (Phi) is 9.16. The highest BCUT2D eigenvalue weighted by atomic mass is 35.5. The average molecular weight is 582 g/mol. The lowest BCUT2D eigenvalue weighted by Gasteiger charge is -2.17. The Morgan fingerprint density at radius 1 is 1.08 bits per heavy atom. The van der Waals surface area contributed by atoms with E-state index in [9.17, 15) is 9.59 Å². The third-order valence-corrected chi connectivity index (χ3v) is 7.51. The number of nitrogens with zero attached hydrogens (tertiary/aromatic N) is 2. The molecule has 4 rings (SSSR count). The Balaban J connectivity index is 1.46. The maximum atomic E-state index is 13.2. The molecule has 0 aliphatic carbocycles. The van der Waals surface area contributed by atoms with Gasteiger partial charge in [0.2, 0.25) is 0 Å². The third kappa shape index (κ3) is 6.92. The molecule has 0 saturated carbocycles. The van der Waals surface area contributed by atoms with Crippen molar-refractivity contribution < 1.29 is 19.1 Å². The Bertz CT molecular complexity index is 1440. The second-order valence-electron chi connectivity index (χ2n) is 8.87. The monoisotopic (exact) mass is 581 g/mol. The first kappa shape index (κ1) is 28.5. The number of thiocarbonyl (C=S) groups is 1. The molecule has 1 aliphatic rings. The minimum absolute atomic E-state index is 0.186. The number of halogens is 1. The molecule has 3 aromatic carbocycles. The van der Waals surface area contributed by atoms with Gasteiger partial charge >= 0.3 is 0 Å². The fourth-order valence-electron chi connectivity index (χ4n) is 3.75. The normalized spacial score (nSPS) is 14.1. The van der Waals surface area contributed by atoms with Crippen LogP contribution in [0.4, 0.5) is 17.1 Å². The zero-order chi connectivity index (χ0) is 28.1. The molecule has 202 valence electrons. The molecule has 1 fully saturated rings. The number of nitrogens with one attached hydrogen (secondary N) is 1. The molecule has 1 saturated heterocycles. The Morgan fingerprint density at radius 3 is 2.49 bits per heavy atom. The molecule has 7 nitrogen and oxygen atoms in total. The smallest absolute Gasteiger partial charge is 0.270 e. The van der Waals surface area contributed by atoms with Gasteiger partial charge in [0.15, 0.2) is 22.4 Å². The topological polar surface area (TPSA) is 71.1 Å². The first-order valence-electron chi connectivity index (χ1n) is 12.2. The van der Waals surface area contributed by atoms with Gasteiger partial charge in [-0.15, -0.1) is 0 Å². The van der Waals surface area contributed by atoms with Gasteiger partial charge in [-0.2, -0.15) is 0 Å². The predicted molar refractivity (Wildman–Crippen MR) is 164 cm³/mol. The van der Waals surface area contributed by atoms with Gasteiger partial charge in [-0.05, 0) is 79.6 Å². The number of carbonyl (C=O) groups excluding carboxylic acids is 2. The molecule has 39 heavy (non-hydrogen) atoms. The maximum absolute atomic E-state index is 13.2. The molecule has 0 radical (unpaired) electrons. The molecule has 0 bridgehead atoms. The van der Waals surface area contributed by atoms with Gasteiger partial charge in [-0.3, -0.25) is 14.5 Å². The highest BCUT2D eigenvalue weighted by Crippen LogP contribution is 2.37. The standard InChI is InChI=1S/C29H28ClN3O4S2/c1-5-36-25-14-19(7-13-24(25)37-17-27(34)31-20-8-6-18(2)23(30)16-20)15-26-28(35)33(29(38)39-26)22-11-9-21(10-12-22)32(3)4/h6-16H,5,17H2,1-4H3,(H,31,34)/b26-15-. The summed E-state index contributed by atoms with van der Waals surface area (Å²) in [5.41, 5.74) is 4.01. The number of hydrogen-bond donors (Lipinski definition) is 1. The molecule has 0 atom stereocenters. The van der Waals surface area contributed by atoms with Gasteiger partial charge in [0.1, 0.15) is 0 Å². The van der Waals surface area contributed by atoms with Gasteiger partial charge in [-0.25, -0.2) is 0 Å². The van der Waals surface area contributed by atoms with E-state index in [1.54, 1.807) is 36.4 Å². The van der Waals surface area contributed by atoms with Crippen molar-refractivity contribution in [2.45, 2.75) is 13.8 Å². The number of ether oxygens (including phenoxy) is 2. The highest BCUT2D eigenvalue weighted by Gasteiger charge is 2.33. The van der Waals surface area contributed by atoms with Crippen LogP contribution < -0.4 is 24.6 Å². The minimum Gasteiger partial charge on any atom is -0.490 e. The first-order chi connectivity index (χ1) is 18.7. The van der Waals surface area contributed by atoms with Crippen LogP contribution in [0, 0.1) is 6.92 Å². The van der Waals surface area contributed by atoms with Crippen molar-refractivity contribution in [3.8, 4) is 11.5 Å². The van der Waals surface area contributed by atoms with E-state index >= 15 is 0 Å². The zero-order valence-corrected chi connectivity index (χ0v) is 24.4. The number of thioether (sulfide) groups is 1. The maximum Gasteiger partial charge on any atom is 0.270 e. The third-order valence-electron chi connectivity index (χ3n) is 5.80. The molecule has 1 aliphatic heterocycles. The molecule has 2 amide bonds. The summed E-state index contributed by atoms with van der Waals surface area (Å²) in [6.07, 6.45) is 1.77. The van der Waals surface area contributed by atoms with E-state index < -0.39 is 0 Å². The molecule has 0 aromatic heterocycles. The first-order valence-corrected chi connectivity index (χ1v) is 13.8. The van der Waals surface area contributed by atoms with Gasteiger partial charge in [0, 0.05) is 30.5 Å². The van der Waals surface area contributed by atoms with E-state index in [2.05, 4.69) is 5.32 Å². The molecular formula is C29H28ClN3O4S2. The van der Waals surface area contributed by atoms with Crippen LogP contribution in [0.15, 0.2) is 65.6 Å². The SMILES string of the molecule is CCOc1cc(/C=C2\SC(=S)N(c3ccc(N(C)C)cc3)C2=O)ccc1OCC(=O)Nc1ccc(C)c(Cl)c1. The Morgan fingerprint density at radius 2 is 1.82 bits per heavy atom. The van der Waals surface area contributed by atoms with Gasteiger partial charge in [0.25, 0.3) is 11.8 Å². The summed E-state index contributed by atoms with van der Waals surface area (Å²) in [5.74, 6) is 0.365. The van der Waals surface area contributed by atoms with Gasteiger partial charge in [0.05, 0.1) is 17.2 Å². The van der Waals surface area contributed by atoms with Crippen LogP contribution >= 0.6 is 35.6 Å².